The van der Waals surface area contributed by atoms with Gasteiger partial charge in [0.15, 0.2) is 0 Å². The van der Waals surface area contributed by atoms with Gasteiger partial charge in [0, 0.05) is 11.1 Å². The van der Waals surface area contributed by atoms with Crippen molar-refractivity contribution in [1.82, 2.24) is 0 Å². The highest BCUT2D eigenvalue weighted by atomic mass is 16.5. The maximum Gasteiger partial charge on any atom is 0.125 e. The quantitative estimate of drug-likeness (QED) is 0.852. The van der Waals surface area contributed by atoms with Gasteiger partial charge >= 0.3 is 0 Å². The summed E-state index contributed by atoms with van der Waals surface area (Å²) in [6, 6.07) is 4.17. The zero-order valence-corrected chi connectivity index (χ0v) is 10.9. The lowest BCUT2D eigenvalue weighted by atomic mass is 10.0. The highest BCUT2D eigenvalue weighted by Crippen LogP contribution is 2.37. The molecule has 3 heteroatoms. The van der Waals surface area contributed by atoms with Gasteiger partial charge in [-0.25, -0.2) is 0 Å². The van der Waals surface area contributed by atoms with E-state index >= 15 is 0 Å². The van der Waals surface area contributed by atoms with Crippen LogP contribution in [0.5, 0.6) is 11.5 Å². The minimum Gasteiger partial charge on any atom is -0.496 e. The molecule has 0 radical (unpaired) electrons. The van der Waals surface area contributed by atoms with E-state index in [2.05, 4.69) is 12.1 Å². The smallest absolute Gasteiger partial charge is 0.125 e. The van der Waals surface area contributed by atoms with Crippen LogP contribution in [-0.2, 0) is 6.42 Å². The van der Waals surface area contributed by atoms with Crippen molar-refractivity contribution in [3.05, 3.63) is 23.3 Å². The lowest BCUT2D eigenvalue weighted by Crippen LogP contribution is -2.22. The Morgan fingerprint density at radius 2 is 1.71 bits per heavy atom. The highest BCUT2D eigenvalue weighted by molar-refractivity contribution is 5.47. The van der Waals surface area contributed by atoms with Crippen molar-refractivity contribution in [2.45, 2.75) is 38.1 Å². The number of hydrogen-bond acceptors (Lipinski definition) is 3. The van der Waals surface area contributed by atoms with Crippen LogP contribution in [0.4, 0.5) is 0 Å². The van der Waals surface area contributed by atoms with Gasteiger partial charge < -0.3 is 15.2 Å². The fraction of sp³-hybridized carbons (Fsp3) is 0.571. The highest BCUT2D eigenvalue weighted by Gasteiger charge is 2.37. The maximum absolute atomic E-state index is 6.10. The second-order valence-corrected chi connectivity index (χ2v) is 4.99. The topological polar surface area (TPSA) is 44.5 Å². The molecule has 0 amide bonds. The van der Waals surface area contributed by atoms with Crippen LogP contribution in [0.3, 0.4) is 0 Å². The largest absolute Gasteiger partial charge is 0.496 e. The summed E-state index contributed by atoms with van der Waals surface area (Å²) in [6.45, 7) is 2.01. The fourth-order valence-corrected chi connectivity index (χ4v) is 2.09. The van der Waals surface area contributed by atoms with Gasteiger partial charge in [0.25, 0.3) is 0 Å². The second-order valence-electron chi connectivity index (χ2n) is 4.99. The predicted molar refractivity (Wildman–Crippen MR) is 68.8 cm³/mol. The van der Waals surface area contributed by atoms with Crippen LogP contribution in [0.15, 0.2) is 12.1 Å². The first-order valence-electron chi connectivity index (χ1n) is 6.08. The second kappa shape index (κ2) is 4.57. The molecule has 1 aliphatic carbocycles. The summed E-state index contributed by atoms with van der Waals surface area (Å²) in [5, 5.41) is 0. The van der Waals surface area contributed by atoms with Crippen LogP contribution >= 0.6 is 0 Å². The van der Waals surface area contributed by atoms with Gasteiger partial charge in [0.2, 0.25) is 0 Å². The molecule has 0 aliphatic heterocycles. The Hall–Kier alpha value is -1.22. The molecule has 0 unspecified atom stereocenters. The number of nitrogens with two attached hydrogens (primary N) is 1. The van der Waals surface area contributed by atoms with Gasteiger partial charge in [-0.15, -0.1) is 0 Å². The fourth-order valence-electron chi connectivity index (χ4n) is 2.09. The molecule has 1 saturated carbocycles. The van der Waals surface area contributed by atoms with Gasteiger partial charge in [-0.1, -0.05) is 0 Å². The average Bonchev–Trinajstić information content (AvgIpc) is 3.06. The number of hydrogen-bond donors (Lipinski definition) is 1. The SMILES string of the molecule is COc1cc(CCC2(N)CC2)cc(OC)c1C. The predicted octanol–water partition coefficient (Wildman–Crippen LogP) is 2.44. The van der Waals surface area contributed by atoms with Gasteiger partial charge in [-0.05, 0) is 50.3 Å². The Kier molecular flexibility index (Phi) is 3.29. The first-order chi connectivity index (χ1) is 8.08. The molecular formula is C14H21NO2. The Balaban J connectivity index is 2.15. The number of methoxy groups -OCH3 is 2. The molecule has 1 aliphatic rings. The van der Waals surface area contributed by atoms with E-state index in [9.17, 15) is 0 Å². The molecule has 0 atom stereocenters. The van der Waals surface area contributed by atoms with Crippen LogP contribution in [0.25, 0.3) is 0 Å². The molecule has 1 aromatic rings. The Bertz CT molecular complexity index is 386. The Labute approximate surface area is 103 Å². The van der Waals surface area contributed by atoms with E-state index in [0.717, 1.165) is 42.7 Å². The van der Waals surface area contributed by atoms with E-state index in [4.69, 9.17) is 15.2 Å². The van der Waals surface area contributed by atoms with E-state index in [1.54, 1.807) is 14.2 Å². The standard InChI is InChI=1S/C14H21NO2/c1-10-12(16-2)8-11(9-13(10)17-3)4-5-14(15)6-7-14/h8-9H,4-7,15H2,1-3H3. The van der Waals surface area contributed by atoms with E-state index in [1.807, 2.05) is 6.92 Å². The molecule has 1 fully saturated rings. The van der Waals surface area contributed by atoms with Crippen molar-refractivity contribution in [2.24, 2.45) is 5.73 Å². The van der Waals surface area contributed by atoms with E-state index in [1.165, 1.54) is 5.56 Å². The Morgan fingerprint density at radius 1 is 1.18 bits per heavy atom. The molecule has 2 N–H and O–H groups in total. The summed E-state index contributed by atoms with van der Waals surface area (Å²) >= 11 is 0. The van der Waals surface area contributed by atoms with E-state index in [-0.39, 0.29) is 5.54 Å². The van der Waals surface area contributed by atoms with Gasteiger partial charge in [0.1, 0.15) is 11.5 Å². The average molecular weight is 235 g/mol. The van der Waals surface area contributed by atoms with Crippen LogP contribution < -0.4 is 15.2 Å². The van der Waals surface area contributed by atoms with Crippen molar-refractivity contribution in [3.8, 4) is 11.5 Å². The minimum absolute atomic E-state index is 0.103. The molecule has 0 heterocycles. The summed E-state index contributed by atoms with van der Waals surface area (Å²) in [5.74, 6) is 1.78. The van der Waals surface area contributed by atoms with Crippen molar-refractivity contribution in [2.75, 3.05) is 14.2 Å². The first kappa shape index (κ1) is 12.2. The molecule has 2 rings (SSSR count). The lowest BCUT2D eigenvalue weighted by Gasteiger charge is -2.14. The third kappa shape index (κ3) is 2.72. The van der Waals surface area contributed by atoms with Gasteiger partial charge in [-0.3, -0.25) is 0 Å². The number of rotatable bonds is 5. The maximum atomic E-state index is 6.10. The summed E-state index contributed by atoms with van der Waals surface area (Å²) in [5.41, 5.74) is 8.49. The molecule has 3 nitrogen and oxygen atoms in total. The minimum atomic E-state index is 0.103. The van der Waals surface area contributed by atoms with Crippen LogP contribution in [-0.4, -0.2) is 19.8 Å². The summed E-state index contributed by atoms with van der Waals surface area (Å²) < 4.78 is 10.7. The number of benzene rings is 1. The van der Waals surface area contributed by atoms with E-state index in [0.29, 0.717) is 0 Å². The monoisotopic (exact) mass is 235 g/mol. The van der Waals surface area contributed by atoms with Crippen LogP contribution in [0.1, 0.15) is 30.4 Å². The zero-order valence-electron chi connectivity index (χ0n) is 10.9. The van der Waals surface area contributed by atoms with Crippen molar-refractivity contribution in [3.63, 3.8) is 0 Å². The van der Waals surface area contributed by atoms with E-state index < -0.39 is 0 Å². The van der Waals surface area contributed by atoms with Gasteiger partial charge in [0.05, 0.1) is 14.2 Å². The third-order valence-corrected chi connectivity index (χ3v) is 3.62. The van der Waals surface area contributed by atoms with Crippen molar-refractivity contribution < 1.29 is 9.47 Å². The third-order valence-electron chi connectivity index (χ3n) is 3.62. The van der Waals surface area contributed by atoms with Crippen molar-refractivity contribution in [1.29, 1.82) is 0 Å². The van der Waals surface area contributed by atoms with Crippen LogP contribution in [0.2, 0.25) is 0 Å². The molecular weight excluding hydrogens is 214 g/mol. The number of aryl methyl sites for hydroxylation is 1. The molecule has 0 saturated heterocycles. The summed E-state index contributed by atoms with van der Waals surface area (Å²) in [4.78, 5) is 0. The molecule has 17 heavy (non-hydrogen) atoms. The molecule has 94 valence electrons. The molecule has 0 spiro atoms. The molecule has 1 aromatic carbocycles. The normalized spacial score (nSPS) is 16.7. The molecule has 0 bridgehead atoms. The van der Waals surface area contributed by atoms with Crippen molar-refractivity contribution >= 4 is 0 Å². The summed E-state index contributed by atoms with van der Waals surface area (Å²) in [7, 11) is 3.38. The first-order valence-corrected chi connectivity index (χ1v) is 6.08. The van der Waals surface area contributed by atoms with Gasteiger partial charge in [-0.2, -0.15) is 0 Å². The summed E-state index contributed by atoms with van der Waals surface area (Å²) in [6.07, 6.45) is 4.35. The van der Waals surface area contributed by atoms with Crippen LogP contribution in [0, 0.1) is 6.92 Å². The zero-order chi connectivity index (χ0) is 12.5. The lowest BCUT2D eigenvalue weighted by molar-refractivity contribution is 0.387. The Morgan fingerprint density at radius 3 is 2.12 bits per heavy atom. The number of ether oxygens (including phenoxy) is 2. The molecule has 0 aromatic heterocycles.